The molecule has 5 heteroatoms. The van der Waals surface area contributed by atoms with E-state index < -0.39 is 0 Å². The number of carbonyl (C=O) groups excluding carboxylic acids is 1. The highest BCUT2D eigenvalue weighted by Crippen LogP contribution is 2.25. The van der Waals surface area contributed by atoms with Gasteiger partial charge in [-0.15, -0.1) is 0 Å². The first-order valence-corrected chi connectivity index (χ1v) is 6.43. The summed E-state index contributed by atoms with van der Waals surface area (Å²) >= 11 is 0. The Hall–Kier alpha value is -1.75. The summed E-state index contributed by atoms with van der Waals surface area (Å²) in [5, 5.41) is 2.97. The molecule has 0 saturated carbocycles. The SMILES string of the molecule is COc1ccccc1OCC(=O)NC1CCN(C)C1. The molecule has 0 spiro atoms. The van der Waals surface area contributed by atoms with Crippen LogP contribution in [0.25, 0.3) is 0 Å². The molecule has 1 amide bonds. The molecule has 1 saturated heterocycles. The topological polar surface area (TPSA) is 50.8 Å². The smallest absolute Gasteiger partial charge is 0.258 e. The van der Waals surface area contributed by atoms with Gasteiger partial charge in [0.15, 0.2) is 18.1 Å². The Morgan fingerprint density at radius 1 is 1.42 bits per heavy atom. The number of hydrogen-bond acceptors (Lipinski definition) is 4. The Kier molecular flexibility index (Phi) is 4.63. The Balaban J connectivity index is 1.80. The van der Waals surface area contributed by atoms with Gasteiger partial charge in [-0.1, -0.05) is 12.1 Å². The molecule has 5 nitrogen and oxygen atoms in total. The second-order valence-electron chi connectivity index (χ2n) is 4.75. The number of hydrogen-bond donors (Lipinski definition) is 1. The monoisotopic (exact) mass is 264 g/mol. The molecule has 104 valence electrons. The van der Waals surface area contributed by atoms with Crippen LogP contribution in [-0.4, -0.2) is 50.7 Å². The van der Waals surface area contributed by atoms with Gasteiger partial charge in [-0.2, -0.15) is 0 Å². The van der Waals surface area contributed by atoms with Gasteiger partial charge in [0.25, 0.3) is 5.91 Å². The zero-order chi connectivity index (χ0) is 13.7. The maximum absolute atomic E-state index is 11.8. The molecule has 1 N–H and O–H groups in total. The van der Waals surface area contributed by atoms with Gasteiger partial charge in [-0.05, 0) is 32.1 Å². The third-order valence-corrected chi connectivity index (χ3v) is 3.18. The number of benzene rings is 1. The van der Waals surface area contributed by atoms with Crippen LogP contribution in [0.4, 0.5) is 0 Å². The summed E-state index contributed by atoms with van der Waals surface area (Å²) in [6.07, 6.45) is 0.997. The van der Waals surface area contributed by atoms with E-state index in [-0.39, 0.29) is 18.6 Å². The molecular weight excluding hydrogens is 244 g/mol. The Morgan fingerprint density at radius 2 is 2.16 bits per heavy atom. The minimum Gasteiger partial charge on any atom is -0.493 e. The van der Waals surface area contributed by atoms with Crippen molar-refractivity contribution < 1.29 is 14.3 Å². The number of amides is 1. The lowest BCUT2D eigenvalue weighted by atomic mass is 10.2. The predicted octanol–water partition coefficient (Wildman–Crippen LogP) is 0.894. The number of nitrogens with zero attached hydrogens (tertiary/aromatic N) is 1. The van der Waals surface area contributed by atoms with Gasteiger partial charge in [0, 0.05) is 12.6 Å². The van der Waals surface area contributed by atoms with E-state index in [0.717, 1.165) is 19.5 Å². The minimum absolute atomic E-state index is 0.0145. The first kappa shape index (κ1) is 13.7. The lowest BCUT2D eigenvalue weighted by Gasteiger charge is -2.14. The second kappa shape index (κ2) is 6.43. The number of para-hydroxylation sites is 2. The molecule has 0 aliphatic carbocycles. The van der Waals surface area contributed by atoms with Gasteiger partial charge < -0.3 is 19.7 Å². The van der Waals surface area contributed by atoms with Gasteiger partial charge in [0.1, 0.15) is 0 Å². The average molecular weight is 264 g/mol. The van der Waals surface area contributed by atoms with E-state index >= 15 is 0 Å². The van der Waals surface area contributed by atoms with Crippen molar-refractivity contribution in [3.8, 4) is 11.5 Å². The fourth-order valence-corrected chi connectivity index (χ4v) is 2.20. The van der Waals surface area contributed by atoms with Crippen LogP contribution < -0.4 is 14.8 Å². The second-order valence-corrected chi connectivity index (χ2v) is 4.75. The van der Waals surface area contributed by atoms with Crippen molar-refractivity contribution in [2.45, 2.75) is 12.5 Å². The molecule has 1 aromatic carbocycles. The van der Waals surface area contributed by atoms with Gasteiger partial charge in [-0.25, -0.2) is 0 Å². The highest BCUT2D eigenvalue weighted by molar-refractivity contribution is 5.78. The highest BCUT2D eigenvalue weighted by atomic mass is 16.5. The van der Waals surface area contributed by atoms with Crippen LogP contribution >= 0.6 is 0 Å². The quantitative estimate of drug-likeness (QED) is 0.858. The van der Waals surface area contributed by atoms with E-state index in [1.165, 1.54) is 0 Å². The Morgan fingerprint density at radius 3 is 2.79 bits per heavy atom. The molecule has 1 unspecified atom stereocenters. The molecule has 2 rings (SSSR count). The molecule has 0 radical (unpaired) electrons. The van der Waals surface area contributed by atoms with Crippen LogP contribution in [0, 0.1) is 0 Å². The zero-order valence-corrected chi connectivity index (χ0v) is 11.4. The zero-order valence-electron chi connectivity index (χ0n) is 11.4. The van der Waals surface area contributed by atoms with Gasteiger partial charge in [0.05, 0.1) is 7.11 Å². The van der Waals surface area contributed by atoms with Crippen molar-refractivity contribution in [2.24, 2.45) is 0 Å². The van der Waals surface area contributed by atoms with Gasteiger partial charge in [0.2, 0.25) is 0 Å². The number of methoxy groups -OCH3 is 1. The van der Waals surface area contributed by atoms with Gasteiger partial charge in [-0.3, -0.25) is 4.79 Å². The summed E-state index contributed by atoms with van der Waals surface area (Å²) in [6, 6.07) is 7.54. The van der Waals surface area contributed by atoms with E-state index in [1.807, 2.05) is 12.1 Å². The number of ether oxygens (including phenoxy) is 2. The molecule has 1 aromatic rings. The lowest BCUT2D eigenvalue weighted by Crippen LogP contribution is -2.39. The number of carbonyl (C=O) groups is 1. The van der Waals surface area contributed by atoms with Crippen molar-refractivity contribution in [3.05, 3.63) is 24.3 Å². The van der Waals surface area contributed by atoms with Crippen molar-refractivity contribution in [2.75, 3.05) is 33.9 Å². The minimum atomic E-state index is -0.0915. The largest absolute Gasteiger partial charge is 0.493 e. The van der Waals surface area contributed by atoms with Crippen LogP contribution in [0.3, 0.4) is 0 Å². The molecule has 1 fully saturated rings. The summed E-state index contributed by atoms with van der Waals surface area (Å²) < 4.78 is 10.6. The third-order valence-electron chi connectivity index (χ3n) is 3.18. The molecule has 1 aliphatic heterocycles. The third kappa shape index (κ3) is 3.86. The molecule has 0 aromatic heterocycles. The van der Waals surface area contributed by atoms with Crippen LogP contribution in [0.15, 0.2) is 24.3 Å². The maximum Gasteiger partial charge on any atom is 0.258 e. The maximum atomic E-state index is 11.8. The Bertz CT molecular complexity index is 436. The predicted molar refractivity (Wildman–Crippen MR) is 72.5 cm³/mol. The molecule has 1 atom stereocenters. The highest BCUT2D eigenvalue weighted by Gasteiger charge is 2.21. The standard InChI is InChI=1S/C14H20N2O3/c1-16-8-7-11(9-16)15-14(17)10-19-13-6-4-3-5-12(13)18-2/h3-6,11H,7-10H2,1-2H3,(H,15,17). The fraction of sp³-hybridized carbons (Fsp3) is 0.500. The molecule has 1 heterocycles. The number of likely N-dealkylation sites (tertiary alicyclic amines) is 1. The van der Waals surface area contributed by atoms with Crippen LogP contribution in [0.2, 0.25) is 0 Å². The van der Waals surface area contributed by atoms with E-state index in [0.29, 0.717) is 11.5 Å². The van der Waals surface area contributed by atoms with Crippen molar-refractivity contribution >= 4 is 5.91 Å². The molecular formula is C14H20N2O3. The van der Waals surface area contributed by atoms with Crippen molar-refractivity contribution in [1.82, 2.24) is 10.2 Å². The van der Waals surface area contributed by atoms with Crippen molar-refractivity contribution in [1.29, 1.82) is 0 Å². The van der Waals surface area contributed by atoms with Crippen LogP contribution in [0.1, 0.15) is 6.42 Å². The van der Waals surface area contributed by atoms with Crippen LogP contribution in [0.5, 0.6) is 11.5 Å². The van der Waals surface area contributed by atoms with E-state index in [4.69, 9.17) is 9.47 Å². The number of likely N-dealkylation sites (N-methyl/N-ethyl adjacent to an activating group) is 1. The lowest BCUT2D eigenvalue weighted by molar-refractivity contribution is -0.123. The number of nitrogens with one attached hydrogen (secondary N) is 1. The first-order chi connectivity index (χ1) is 9.19. The molecule has 1 aliphatic rings. The van der Waals surface area contributed by atoms with Gasteiger partial charge >= 0.3 is 0 Å². The average Bonchev–Trinajstić information content (AvgIpc) is 2.82. The summed E-state index contributed by atoms with van der Waals surface area (Å²) in [7, 11) is 3.63. The Labute approximate surface area is 113 Å². The normalized spacial score (nSPS) is 19.2. The van der Waals surface area contributed by atoms with E-state index in [1.54, 1.807) is 19.2 Å². The molecule has 0 bridgehead atoms. The first-order valence-electron chi connectivity index (χ1n) is 6.43. The number of rotatable bonds is 5. The van der Waals surface area contributed by atoms with Crippen LogP contribution in [-0.2, 0) is 4.79 Å². The summed E-state index contributed by atoms with van der Waals surface area (Å²) in [4.78, 5) is 14.0. The molecule has 19 heavy (non-hydrogen) atoms. The summed E-state index contributed by atoms with van der Waals surface area (Å²) in [6.45, 7) is 1.94. The van der Waals surface area contributed by atoms with Crippen molar-refractivity contribution in [3.63, 3.8) is 0 Å². The van der Waals surface area contributed by atoms with E-state index in [9.17, 15) is 4.79 Å². The fourth-order valence-electron chi connectivity index (χ4n) is 2.20. The van der Waals surface area contributed by atoms with E-state index in [2.05, 4.69) is 17.3 Å². The summed E-state index contributed by atoms with van der Waals surface area (Å²) in [5.41, 5.74) is 0. The summed E-state index contributed by atoms with van der Waals surface area (Å²) in [5.74, 6) is 1.13.